The van der Waals surface area contributed by atoms with E-state index in [2.05, 4.69) is 12.2 Å². The van der Waals surface area contributed by atoms with E-state index in [-0.39, 0.29) is 5.82 Å². The highest BCUT2D eigenvalue weighted by atomic mass is 32.2. The number of fused-ring (bicyclic) bond motifs is 1. The number of aliphatic hydroxyl groups is 1. The third-order valence-electron chi connectivity index (χ3n) is 2.91. The molecule has 0 radical (unpaired) electrons. The number of anilines is 1. The second-order valence-corrected chi connectivity index (χ2v) is 5.45. The molecule has 98 valence electrons. The fourth-order valence-corrected chi connectivity index (χ4v) is 2.86. The first-order valence-electron chi connectivity index (χ1n) is 6.08. The van der Waals surface area contributed by atoms with Crippen LogP contribution in [-0.4, -0.2) is 16.8 Å². The van der Waals surface area contributed by atoms with Crippen LogP contribution < -0.4 is 5.32 Å². The highest BCUT2D eigenvalue weighted by Gasteiger charge is 2.29. The minimum Gasteiger partial charge on any atom is -0.378 e. The first-order valence-corrected chi connectivity index (χ1v) is 7.07. The van der Waals surface area contributed by atoms with E-state index >= 15 is 0 Å². The van der Waals surface area contributed by atoms with Crippen LogP contribution in [0.5, 0.6) is 0 Å². The molecular formula is C13H16FNO2S. The molecule has 1 unspecified atom stereocenters. The highest BCUT2D eigenvalue weighted by Crippen LogP contribution is 2.36. The van der Waals surface area contributed by atoms with Crippen molar-refractivity contribution >= 4 is 23.4 Å². The van der Waals surface area contributed by atoms with Gasteiger partial charge in [-0.15, -0.1) is 11.8 Å². The quantitative estimate of drug-likeness (QED) is 0.638. The lowest BCUT2D eigenvalue weighted by atomic mass is 10.1. The fourth-order valence-electron chi connectivity index (χ4n) is 1.89. The molecule has 0 aromatic heterocycles. The number of halogens is 1. The zero-order valence-corrected chi connectivity index (χ0v) is 11.0. The Morgan fingerprint density at radius 3 is 2.94 bits per heavy atom. The summed E-state index contributed by atoms with van der Waals surface area (Å²) in [5, 5.41) is 12.1. The monoisotopic (exact) mass is 269 g/mol. The van der Waals surface area contributed by atoms with E-state index in [1.165, 1.54) is 17.8 Å². The van der Waals surface area contributed by atoms with Gasteiger partial charge in [0.2, 0.25) is 0 Å². The molecule has 0 fully saturated rings. The molecule has 3 nitrogen and oxygen atoms in total. The summed E-state index contributed by atoms with van der Waals surface area (Å²) in [6.07, 6.45) is 2.07. The van der Waals surface area contributed by atoms with Crippen molar-refractivity contribution < 1.29 is 14.3 Å². The predicted molar refractivity (Wildman–Crippen MR) is 70.2 cm³/mol. The van der Waals surface area contributed by atoms with Gasteiger partial charge in [0.1, 0.15) is 5.82 Å². The maximum atomic E-state index is 13.8. The first kappa shape index (κ1) is 13.4. The van der Waals surface area contributed by atoms with E-state index < -0.39 is 12.0 Å². The van der Waals surface area contributed by atoms with Crippen molar-refractivity contribution in [1.82, 2.24) is 0 Å². The molecule has 0 saturated carbocycles. The zero-order chi connectivity index (χ0) is 13.1. The van der Waals surface area contributed by atoms with Gasteiger partial charge in [-0.3, -0.25) is 4.79 Å². The molecule has 2 N–H and O–H groups in total. The van der Waals surface area contributed by atoms with Crippen LogP contribution in [0.15, 0.2) is 17.0 Å². The Hall–Kier alpha value is -1.07. The number of aliphatic hydroxyl groups excluding tert-OH is 1. The second-order valence-electron chi connectivity index (χ2n) is 4.32. The Bertz CT molecular complexity index is 465. The number of thioether (sulfide) groups is 1. The molecule has 2 rings (SSSR count). The van der Waals surface area contributed by atoms with Gasteiger partial charge in [-0.05, 0) is 24.3 Å². The third-order valence-corrected chi connectivity index (χ3v) is 4.03. The molecule has 18 heavy (non-hydrogen) atoms. The first-order chi connectivity index (χ1) is 8.63. The van der Waals surface area contributed by atoms with Crippen molar-refractivity contribution in [1.29, 1.82) is 0 Å². The lowest BCUT2D eigenvalue weighted by Crippen LogP contribution is -2.10. The third kappa shape index (κ3) is 2.67. The van der Waals surface area contributed by atoms with Crippen molar-refractivity contribution in [2.75, 3.05) is 11.1 Å². The molecule has 1 aromatic carbocycles. The lowest BCUT2D eigenvalue weighted by Gasteiger charge is -2.06. The Morgan fingerprint density at radius 2 is 2.22 bits per heavy atom. The topological polar surface area (TPSA) is 49.3 Å². The van der Waals surface area contributed by atoms with Crippen molar-refractivity contribution in [3.8, 4) is 0 Å². The van der Waals surface area contributed by atoms with Crippen LogP contribution in [0.1, 0.15) is 37.9 Å². The van der Waals surface area contributed by atoms with E-state index in [4.69, 9.17) is 0 Å². The Morgan fingerprint density at radius 1 is 1.44 bits per heavy atom. The second kappa shape index (κ2) is 5.71. The van der Waals surface area contributed by atoms with Gasteiger partial charge < -0.3 is 10.4 Å². The summed E-state index contributed by atoms with van der Waals surface area (Å²) >= 11 is 1.45. The number of carbonyl (C=O) groups excluding carboxylic acids is 1. The summed E-state index contributed by atoms with van der Waals surface area (Å²) in [5.41, 5.74) is 0.849. The van der Waals surface area contributed by atoms with Crippen LogP contribution in [0.4, 0.5) is 10.1 Å². The van der Waals surface area contributed by atoms with Gasteiger partial charge in [-0.25, -0.2) is 4.39 Å². The molecule has 1 amide bonds. The molecule has 0 saturated heterocycles. The van der Waals surface area contributed by atoms with Gasteiger partial charge in [-0.2, -0.15) is 0 Å². The summed E-state index contributed by atoms with van der Waals surface area (Å²) in [5.74, 6) is 0.00313. The van der Waals surface area contributed by atoms with Crippen LogP contribution in [0.2, 0.25) is 0 Å². The maximum absolute atomic E-state index is 13.8. The number of hydrogen-bond donors (Lipinski definition) is 2. The number of benzene rings is 1. The number of rotatable bonds is 5. The summed E-state index contributed by atoms with van der Waals surface area (Å²) < 4.78 is 13.8. The summed E-state index contributed by atoms with van der Waals surface area (Å²) in [6.45, 7) is 2.12. The highest BCUT2D eigenvalue weighted by molar-refractivity contribution is 7.99. The van der Waals surface area contributed by atoms with Gasteiger partial charge in [0.25, 0.3) is 5.91 Å². The van der Waals surface area contributed by atoms with Crippen LogP contribution in [0.3, 0.4) is 0 Å². The zero-order valence-electron chi connectivity index (χ0n) is 10.2. The molecule has 1 atom stereocenters. The number of hydrogen-bond acceptors (Lipinski definition) is 3. The molecule has 1 aromatic rings. The Labute approximate surface area is 110 Å². The normalized spacial score (nSPS) is 17.7. The van der Waals surface area contributed by atoms with Crippen LogP contribution in [-0.2, 0) is 4.79 Å². The average Bonchev–Trinajstić information content (AvgIpc) is 2.61. The van der Waals surface area contributed by atoms with E-state index in [1.54, 1.807) is 6.07 Å². The van der Waals surface area contributed by atoms with E-state index in [0.717, 1.165) is 25.0 Å². The molecule has 0 bridgehead atoms. The minimum atomic E-state index is -1.24. The Kier molecular flexibility index (Phi) is 4.24. The number of unbranched alkanes of at least 4 members (excludes halogenated alkanes) is 2. The minimum absolute atomic E-state index is 0.329. The molecule has 1 aliphatic rings. The van der Waals surface area contributed by atoms with Gasteiger partial charge in [0, 0.05) is 16.1 Å². The SMILES string of the molecule is CCCCCSc1cc2c(cc1F)C(O)C(=O)N2. The largest absolute Gasteiger partial charge is 0.378 e. The molecule has 0 aliphatic carbocycles. The van der Waals surface area contributed by atoms with Crippen LogP contribution >= 0.6 is 11.8 Å². The summed E-state index contributed by atoms with van der Waals surface area (Å²) in [4.78, 5) is 11.8. The van der Waals surface area contributed by atoms with Crippen LogP contribution in [0.25, 0.3) is 0 Å². The number of nitrogens with one attached hydrogen (secondary N) is 1. The maximum Gasteiger partial charge on any atom is 0.257 e. The van der Waals surface area contributed by atoms with E-state index in [1.807, 2.05) is 0 Å². The molecule has 1 heterocycles. The van der Waals surface area contributed by atoms with Crippen LogP contribution in [0, 0.1) is 5.82 Å². The molecular weight excluding hydrogens is 253 g/mol. The van der Waals surface area contributed by atoms with Crippen molar-refractivity contribution in [3.05, 3.63) is 23.5 Å². The van der Waals surface area contributed by atoms with E-state index in [9.17, 15) is 14.3 Å². The van der Waals surface area contributed by atoms with Gasteiger partial charge in [0.15, 0.2) is 6.10 Å². The summed E-state index contributed by atoms with van der Waals surface area (Å²) in [6, 6.07) is 2.86. The molecule has 0 spiro atoms. The number of carbonyl (C=O) groups is 1. The van der Waals surface area contributed by atoms with Crippen molar-refractivity contribution in [2.24, 2.45) is 0 Å². The van der Waals surface area contributed by atoms with Gasteiger partial charge in [0.05, 0.1) is 0 Å². The summed E-state index contributed by atoms with van der Waals surface area (Å²) in [7, 11) is 0. The van der Waals surface area contributed by atoms with Gasteiger partial charge >= 0.3 is 0 Å². The molecule has 1 aliphatic heterocycles. The van der Waals surface area contributed by atoms with Crippen molar-refractivity contribution in [2.45, 2.75) is 37.2 Å². The van der Waals surface area contributed by atoms with Gasteiger partial charge in [-0.1, -0.05) is 19.8 Å². The fraction of sp³-hybridized carbons (Fsp3) is 0.462. The lowest BCUT2D eigenvalue weighted by molar-refractivity contribution is -0.123. The standard InChI is InChI=1S/C13H16FNO2S/c1-2-3-4-5-18-11-7-10-8(6-9(11)14)12(16)13(17)15-10/h6-7,12,16H,2-5H2,1H3,(H,15,17). The predicted octanol–water partition coefficient (Wildman–Crippen LogP) is 3.09. The number of amides is 1. The van der Waals surface area contributed by atoms with Crippen molar-refractivity contribution in [3.63, 3.8) is 0 Å². The smallest absolute Gasteiger partial charge is 0.257 e. The Balaban J connectivity index is 2.10. The average molecular weight is 269 g/mol. The molecule has 5 heteroatoms. The van der Waals surface area contributed by atoms with E-state index in [0.29, 0.717) is 16.1 Å².